The van der Waals surface area contributed by atoms with E-state index >= 15 is 0 Å². The number of benzene rings is 1. The van der Waals surface area contributed by atoms with Crippen LogP contribution < -0.4 is 26.1 Å². The Morgan fingerprint density at radius 1 is 1.29 bits per heavy atom. The molecule has 28 heavy (non-hydrogen) atoms. The van der Waals surface area contributed by atoms with Gasteiger partial charge in [-0.3, -0.25) is 13.9 Å². The first-order chi connectivity index (χ1) is 13.6. The molecule has 3 N–H and O–H groups in total. The van der Waals surface area contributed by atoms with Gasteiger partial charge in [0.05, 0.1) is 13.7 Å². The number of anilines is 1. The fourth-order valence-electron chi connectivity index (χ4n) is 2.63. The molecule has 0 saturated heterocycles. The smallest absolute Gasteiger partial charge is 0.306 e. The average molecular weight is 382 g/mol. The molecule has 2 heterocycles. The van der Waals surface area contributed by atoms with E-state index in [4.69, 9.17) is 15.2 Å². The van der Waals surface area contributed by atoms with Crippen molar-refractivity contribution in [1.29, 1.82) is 0 Å². The molecule has 0 unspecified atom stereocenters. The molecule has 0 saturated carbocycles. The van der Waals surface area contributed by atoms with Gasteiger partial charge in [-0.15, -0.1) is 5.92 Å². The topological polar surface area (TPSA) is 109 Å². The molecule has 1 aromatic carbocycles. The predicted molar refractivity (Wildman–Crippen MR) is 107 cm³/mol. The number of nitrogens with two attached hydrogens (primary N) is 1. The quantitative estimate of drug-likeness (QED) is 0.593. The lowest BCUT2D eigenvalue weighted by molar-refractivity contribution is 0.396. The number of imidazole rings is 1. The minimum atomic E-state index is -0.283. The van der Waals surface area contributed by atoms with Crippen molar-refractivity contribution >= 4 is 17.1 Å². The lowest BCUT2D eigenvalue weighted by Gasteiger charge is -2.10. The molecule has 0 aliphatic carbocycles. The summed E-state index contributed by atoms with van der Waals surface area (Å²) in [6.07, 6.45) is 0. The first-order valence-corrected chi connectivity index (χ1v) is 8.71. The average Bonchev–Trinajstić information content (AvgIpc) is 3.06. The van der Waals surface area contributed by atoms with Gasteiger partial charge >= 0.3 is 6.01 Å². The molecule has 0 fully saturated rings. The van der Waals surface area contributed by atoms with E-state index in [1.165, 1.54) is 4.57 Å². The molecule has 0 amide bonds. The maximum absolute atomic E-state index is 13.0. The largest absolute Gasteiger partial charge is 0.497 e. The minimum absolute atomic E-state index is 0.127. The van der Waals surface area contributed by atoms with Crippen LogP contribution in [0.3, 0.4) is 0 Å². The predicted octanol–water partition coefficient (Wildman–Crippen LogP) is 1.32. The Hall–Kier alpha value is -3.51. The van der Waals surface area contributed by atoms with Crippen LogP contribution in [0.1, 0.15) is 6.92 Å². The Balaban J connectivity index is 2.09. The van der Waals surface area contributed by atoms with E-state index in [-0.39, 0.29) is 17.2 Å². The van der Waals surface area contributed by atoms with Crippen LogP contribution in [0.15, 0.2) is 29.1 Å². The number of nitrogens with one attached hydrogen (secondary N) is 1. The van der Waals surface area contributed by atoms with Crippen LogP contribution in [-0.4, -0.2) is 39.3 Å². The highest BCUT2D eigenvalue weighted by molar-refractivity contribution is 5.74. The van der Waals surface area contributed by atoms with Crippen LogP contribution >= 0.6 is 0 Å². The molecule has 0 spiro atoms. The van der Waals surface area contributed by atoms with Crippen molar-refractivity contribution < 1.29 is 9.47 Å². The number of aromatic nitrogens is 4. The van der Waals surface area contributed by atoms with Crippen LogP contribution in [0, 0.1) is 11.8 Å². The van der Waals surface area contributed by atoms with E-state index in [2.05, 4.69) is 27.1 Å². The molecule has 0 aliphatic heterocycles. The summed E-state index contributed by atoms with van der Waals surface area (Å²) in [4.78, 5) is 21.9. The number of hydrogen-bond donors (Lipinski definition) is 2. The Labute approximate surface area is 162 Å². The summed E-state index contributed by atoms with van der Waals surface area (Å²) in [6, 6.07) is 7.18. The van der Waals surface area contributed by atoms with Crippen LogP contribution in [0.5, 0.6) is 17.5 Å². The zero-order chi connectivity index (χ0) is 20.1. The molecule has 9 heteroatoms. The monoisotopic (exact) mass is 382 g/mol. The fourth-order valence-corrected chi connectivity index (χ4v) is 2.63. The number of methoxy groups -OCH3 is 1. The zero-order valence-corrected chi connectivity index (χ0v) is 16.0. The van der Waals surface area contributed by atoms with E-state index in [9.17, 15) is 4.79 Å². The Kier molecular flexibility index (Phi) is 5.81. The standard InChI is InChI=1S/C19H22N6O3/c1-4-5-11-25-15-16(22-18(25)21-10-9-20)23-19(24(2)17(15)26)28-14-8-6-7-13(12-14)27-3/h6-8,12H,9-11,20H2,1-3H3,(H,21,22). The molecule has 0 radical (unpaired) electrons. The van der Waals surface area contributed by atoms with E-state index in [1.807, 2.05) is 0 Å². The van der Waals surface area contributed by atoms with Gasteiger partial charge in [0.2, 0.25) is 5.95 Å². The summed E-state index contributed by atoms with van der Waals surface area (Å²) in [6.45, 7) is 2.99. The summed E-state index contributed by atoms with van der Waals surface area (Å²) in [5, 5.41) is 3.11. The fraction of sp³-hybridized carbons (Fsp3) is 0.316. The minimum Gasteiger partial charge on any atom is -0.497 e. The van der Waals surface area contributed by atoms with Crippen molar-refractivity contribution in [2.75, 3.05) is 25.5 Å². The van der Waals surface area contributed by atoms with Crippen molar-refractivity contribution in [3.8, 4) is 29.4 Å². The van der Waals surface area contributed by atoms with E-state index in [1.54, 1.807) is 49.9 Å². The van der Waals surface area contributed by atoms with Crippen molar-refractivity contribution in [3.63, 3.8) is 0 Å². The normalized spacial score (nSPS) is 10.4. The van der Waals surface area contributed by atoms with Gasteiger partial charge in [-0.25, -0.2) is 0 Å². The molecular weight excluding hydrogens is 360 g/mol. The van der Waals surface area contributed by atoms with Crippen molar-refractivity contribution in [3.05, 3.63) is 34.6 Å². The molecule has 146 valence electrons. The van der Waals surface area contributed by atoms with E-state index < -0.39 is 0 Å². The van der Waals surface area contributed by atoms with Crippen molar-refractivity contribution in [1.82, 2.24) is 19.1 Å². The third kappa shape index (κ3) is 3.77. The maximum Gasteiger partial charge on any atom is 0.306 e. The summed E-state index contributed by atoms with van der Waals surface area (Å²) >= 11 is 0. The second-order valence-corrected chi connectivity index (χ2v) is 5.88. The third-order valence-corrected chi connectivity index (χ3v) is 4.04. The molecule has 0 bridgehead atoms. The van der Waals surface area contributed by atoms with Crippen molar-refractivity contribution in [2.45, 2.75) is 13.5 Å². The summed E-state index contributed by atoms with van der Waals surface area (Å²) < 4.78 is 14.0. The highest BCUT2D eigenvalue weighted by Gasteiger charge is 2.19. The lowest BCUT2D eigenvalue weighted by Crippen LogP contribution is -2.22. The second kappa shape index (κ2) is 8.45. The Morgan fingerprint density at radius 2 is 2.07 bits per heavy atom. The summed E-state index contributed by atoms with van der Waals surface area (Å²) in [5.74, 6) is 7.41. The maximum atomic E-state index is 13.0. The van der Waals surface area contributed by atoms with E-state index in [0.717, 1.165) is 0 Å². The van der Waals surface area contributed by atoms with Crippen LogP contribution in [0.2, 0.25) is 0 Å². The molecular formula is C19H22N6O3. The SMILES string of the molecule is CC#CCn1c(NCCN)nc2nc(Oc3cccc(OC)c3)n(C)c(=O)c21. The summed E-state index contributed by atoms with van der Waals surface area (Å²) in [5.41, 5.74) is 5.91. The molecule has 0 aliphatic rings. The third-order valence-electron chi connectivity index (χ3n) is 4.04. The molecule has 3 rings (SSSR count). The first kappa shape index (κ1) is 19.3. The molecule has 2 aromatic heterocycles. The van der Waals surface area contributed by atoms with Gasteiger partial charge in [-0.05, 0) is 19.1 Å². The molecule has 9 nitrogen and oxygen atoms in total. The number of hydrogen-bond acceptors (Lipinski definition) is 7. The second-order valence-electron chi connectivity index (χ2n) is 5.88. The highest BCUT2D eigenvalue weighted by atomic mass is 16.5. The number of ether oxygens (including phenoxy) is 2. The highest BCUT2D eigenvalue weighted by Crippen LogP contribution is 2.24. The number of fused-ring (bicyclic) bond motifs is 1. The van der Waals surface area contributed by atoms with Crippen LogP contribution in [0.25, 0.3) is 11.2 Å². The van der Waals surface area contributed by atoms with Gasteiger partial charge in [0.15, 0.2) is 11.2 Å². The van der Waals surface area contributed by atoms with Crippen molar-refractivity contribution in [2.24, 2.45) is 12.8 Å². The van der Waals surface area contributed by atoms with Crippen LogP contribution in [0.4, 0.5) is 5.95 Å². The lowest BCUT2D eigenvalue weighted by atomic mass is 10.3. The Morgan fingerprint density at radius 3 is 2.79 bits per heavy atom. The zero-order valence-electron chi connectivity index (χ0n) is 16.0. The van der Waals surface area contributed by atoms with Gasteiger partial charge in [-0.2, -0.15) is 9.97 Å². The number of rotatable bonds is 7. The van der Waals surface area contributed by atoms with Gasteiger partial charge < -0.3 is 20.5 Å². The van der Waals surface area contributed by atoms with E-state index in [0.29, 0.717) is 42.6 Å². The Bertz CT molecular complexity index is 1110. The number of nitrogens with zero attached hydrogens (tertiary/aromatic N) is 4. The van der Waals surface area contributed by atoms with Crippen LogP contribution in [-0.2, 0) is 13.6 Å². The first-order valence-electron chi connectivity index (χ1n) is 8.71. The van der Waals surface area contributed by atoms with Gasteiger partial charge in [-0.1, -0.05) is 12.0 Å². The van der Waals surface area contributed by atoms with Gasteiger partial charge in [0.1, 0.15) is 11.5 Å². The summed E-state index contributed by atoms with van der Waals surface area (Å²) in [7, 11) is 3.17. The van der Waals surface area contributed by atoms with Gasteiger partial charge in [0.25, 0.3) is 5.56 Å². The van der Waals surface area contributed by atoms with Gasteiger partial charge in [0, 0.05) is 26.2 Å². The molecule has 3 aromatic rings. The molecule has 0 atom stereocenters.